The quantitative estimate of drug-likeness (QED) is 0.178. The van der Waals surface area contributed by atoms with E-state index in [0.717, 1.165) is 0 Å². The predicted octanol–water partition coefficient (Wildman–Crippen LogP) is 13.6. The fourth-order valence-corrected chi connectivity index (χ4v) is 7.86. The van der Waals surface area contributed by atoms with Crippen LogP contribution in [-0.2, 0) is 0 Å². The Kier molecular flexibility index (Phi) is 8.46. The summed E-state index contributed by atoms with van der Waals surface area (Å²) in [6.07, 6.45) is 0. The molecule has 7 aromatic carbocycles. The molecule has 9 rings (SSSR count). The maximum atomic E-state index is 2.34. The van der Waals surface area contributed by atoms with Gasteiger partial charge in [0.05, 0.1) is 0 Å². The van der Waals surface area contributed by atoms with Crippen molar-refractivity contribution >= 4 is 22.3 Å². The Balaban J connectivity index is 0.000000150. The van der Waals surface area contributed by atoms with Crippen molar-refractivity contribution in [2.75, 3.05) is 0 Å². The molecule has 2 aliphatic carbocycles. The first-order chi connectivity index (χ1) is 24.9. The lowest BCUT2D eigenvalue weighted by molar-refractivity contribution is 1.46. The van der Waals surface area contributed by atoms with Crippen LogP contribution in [0.5, 0.6) is 0 Å². The van der Waals surface area contributed by atoms with E-state index in [4.69, 9.17) is 0 Å². The van der Waals surface area contributed by atoms with Crippen LogP contribution in [0.4, 0.5) is 0 Å². The molecule has 0 saturated heterocycles. The number of fused-ring (bicyclic) bond motifs is 6. The maximum absolute atomic E-state index is 2.34. The highest BCUT2D eigenvalue weighted by atomic mass is 14.3. The molecule has 0 radical (unpaired) electrons. The van der Waals surface area contributed by atoms with Gasteiger partial charge in [-0.2, -0.15) is 0 Å². The average Bonchev–Trinajstić information content (AvgIpc) is 3.63. The second-order valence-corrected chi connectivity index (χ2v) is 14.0. The minimum Gasteiger partial charge on any atom is -0.0622 e. The lowest BCUT2D eigenvalue weighted by atomic mass is 9.88. The zero-order valence-electron chi connectivity index (χ0n) is 30.1. The van der Waals surface area contributed by atoms with E-state index in [9.17, 15) is 0 Å². The minimum atomic E-state index is 1.26. The van der Waals surface area contributed by atoms with Crippen LogP contribution in [0.25, 0.3) is 44.5 Å². The van der Waals surface area contributed by atoms with Crippen LogP contribution in [0.1, 0.15) is 68.1 Å². The Morgan fingerprint density at radius 2 is 0.588 bits per heavy atom. The van der Waals surface area contributed by atoms with Gasteiger partial charge in [-0.3, -0.25) is 0 Å². The molecule has 0 fully saturated rings. The van der Waals surface area contributed by atoms with Crippen molar-refractivity contribution in [1.29, 1.82) is 0 Å². The van der Waals surface area contributed by atoms with Crippen molar-refractivity contribution < 1.29 is 0 Å². The second kappa shape index (κ2) is 13.4. The Morgan fingerprint density at radius 3 is 0.922 bits per heavy atom. The lowest BCUT2D eigenvalue weighted by Crippen LogP contribution is -1.95. The average molecular weight is 655 g/mol. The number of hydrogen-bond donors (Lipinski definition) is 0. The first kappa shape index (κ1) is 32.2. The van der Waals surface area contributed by atoms with Crippen molar-refractivity contribution in [3.8, 4) is 22.3 Å². The SMILES string of the molecule is CC(=C1c2cc(C)ccc2-c2ccc(C)cc21)c1ccccc1.Cc1ccc2c(c1)C(=C(c1ccccc1)c1ccccc1)c1cc(C)ccc1-2. The summed E-state index contributed by atoms with van der Waals surface area (Å²) in [7, 11) is 0. The molecule has 0 bridgehead atoms. The number of aryl methyl sites for hydroxylation is 4. The van der Waals surface area contributed by atoms with Gasteiger partial charge in [0.2, 0.25) is 0 Å². The third kappa shape index (κ3) is 5.98. The van der Waals surface area contributed by atoms with Gasteiger partial charge in [0.1, 0.15) is 0 Å². The van der Waals surface area contributed by atoms with Crippen LogP contribution < -0.4 is 0 Å². The highest BCUT2D eigenvalue weighted by Crippen LogP contribution is 2.50. The third-order valence-corrected chi connectivity index (χ3v) is 10.3. The molecule has 51 heavy (non-hydrogen) atoms. The molecule has 0 aromatic heterocycles. The summed E-state index contributed by atoms with van der Waals surface area (Å²) in [5, 5.41) is 0. The van der Waals surface area contributed by atoms with Crippen molar-refractivity contribution in [3.05, 3.63) is 225 Å². The fraction of sp³-hybridized carbons (Fsp3) is 0.0980. The van der Waals surface area contributed by atoms with Gasteiger partial charge < -0.3 is 0 Å². The van der Waals surface area contributed by atoms with E-state index in [1.165, 1.54) is 106 Å². The molecule has 7 aromatic rings. The van der Waals surface area contributed by atoms with Crippen LogP contribution in [0, 0.1) is 27.7 Å². The van der Waals surface area contributed by atoms with Gasteiger partial charge in [-0.05, 0) is 118 Å². The number of allylic oxidation sites excluding steroid dienone is 1. The summed E-state index contributed by atoms with van der Waals surface area (Å²) in [5.41, 5.74) is 25.2. The smallest absolute Gasteiger partial charge is 0.00141 e. The van der Waals surface area contributed by atoms with Gasteiger partial charge in [0, 0.05) is 0 Å². The number of benzene rings is 7. The first-order valence-electron chi connectivity index (χ1n) is 17.9. The van der Waals surface area contributed by atoms with Gasteiger partial charge >= 0.3 is 0 Å². The van der Waals surface area contributed by atoms with E-state index in [0.29, 0.717) is 0 Å². The molecule has 0 unspecified atom stereocenters. The standard InChI is InChI=1S/C28H22.C23H20/c1-19-13-15-23-24-16-14-20(2)18-26(24)28(25(23)17-19)27(21-9-5-3-6-10-21)22-11-7-4-8-12-22;1-15-9-11-19-20-12-10-16(2)14-22(20)23(21(19)13-15)17(3)18-7-5-4-6-8-18/h3-18H,1-2H3;4-14H,1-3H3. The lowest BCUT2D eigenvalue weighted by Gasteiger charge is -2.15. The zero-order chi connectivity index (χ0) is 35.1. The monoisotopic (exact) mass is 654 g/mol. The first-order valence-corrected chi connectivity index (χ1v) is 17.9. The van der Waals surface area contributed by atoms with Crippen LogP contribution in [-0.4, -0.2) is 0 Å². The summed E-state index contributed by atoms with van der Waals surface area (Å²) in [6, 6.07) is 59.5. The molecule has 0 spiro atoms. The number of rotatable bonds is 3. The normalized spacial score (nSPS) is 11.9. The third-order valence-electron chi connectivity index (χ3n) is 10.3. The molecule has 0 amide bonds. The zero-order valence-corrected chi connectivity index (χ0v) is 30.1. The second-order valence-electron chi connectivity index (χ2n) is 14.0. The minimum absolute atomic E-state index is 1.26. The molecule has 0 heterocycles. The van der Waals surface area contributed by atoms with E-state index in [2.05, 4.69) is 198 Å². The van der Waals surface area contributed by atoms with E-state index in [-0.39, 0.29) is 0 Å². The predicted molar refractivity (Wildman–Crippen MR) is 219 cm³/mol. The topological polar surface area (TPSA) is 0 Å². The van der Waals surface area contributed by atoms with Crippen LogP contribution in [0.3, 0.4) is 0 Å². The summed E-state index contributed by atoms with van der Waals surface area (Å²) >= 11 is 0. The van der Waals surface area contributed by atoms with E-state index in [1.54, 1.807) is 0 Å². The van der Waals surface area contributed by atoms with Crippen molar-refractivity contribution in [3.63, 3.8) is 0 Å². The van der Waals surface area contributed by atoms with Gasteiger partial charge in [0.15, 0.2) is 0 Å². The molecule has 0 N–H and O–H groups in total. The van der Waals surface area contributed by atoms with E-state index in [1.807, 2.05) is 0 Å². The Labute approximate surface area is 303 Å². The summed E-state index contributed by atoms with van der Waals surface area (Å²) < 4.78 is 0. The largest absolute Gasteiger partial charge is 0.0622 e. The van der Waals surface area contributed by atoms with Crippen LogP contribution in [0.15, 0.2) is 164 Å². The summed E-state index contributed by atoms with van der Waals surface area (Å²) in [4.78, 5) is 0. The highest BCUT2D eigenvalue weighted by Gasteiger charge is 2.28. The molecule has 246 valence electrons. The molecular weight excluding hydrogens is 613 g/mol. The molecule has 0 nitrogen and oxygen atoms in total. The van der Waals surface area contributed by atoms with Crippen LogP contribution in [0.2, 0.25) is 0 Å². The molecular formula is C51H42. The van der Waals surface area contributed by atoms with Gasteiger partial charge in [0.25, 0.3) is 0 Å². The summed E-state index contributed by atoms with van der Waals surface area (Å²) in [6.45, 7) is 10.9. The van der Waals surface area contributed by atoms with Gasteiger partial charge in [-0.15, -0.1) is 0 Å². The Morgan fingerprint density at radius 1 is 0.294 bits per heavy atom. The Hall–Kier alpha value is -5.98. The van der Waals surface area contributed by atoms with Crippen LogP contribution >= 0.6 is 0 Å². The maximum Gasteiger partial charge on any atom is -0.00141 e. The molecule has 0 atom stereocenters. The Bertz CT molecular complexity index is 2330. The van der Waals surface area contributed by atoms with Crippen molar-refractivity contribution in [1.82, 2.24) is 0 Å². The number of hydrogen-bond acceptors (Lipinski definition) is 0. The highest BCUT2D eigenvalue weighted by molar-refractivity contribution is 6.14. The van der Waals surface area contributed by atoms with Gasteiger partial charge in [-0.25, -0.2) is 0 Å². The van der Waals surface area contributed by atoms with E-state index < -0.39 is 0 Å². The van der Waals surface area contributed by atoms with Crippen molar-refractivity contribution in [2.45, 2.75) is 34.6 Å². The molecule has 0 aliphatic heterocycles. The summed E-state index contributed by atoms with van der Waals surface area (Å²) in [5.74, 6) is 0. The fourth-order valence-electron chi connectivity index (χ4n) is 7.86. The van der Waals surface area contributed by atoms with Crippen molar-refractivity contribution in [2.24, 2.45) is 0 Å². The van der Waals surface area contributed by atoms with E-state index >= 15 is 0 Å². The van der Waals surface area contributed by atoms with Gasteiger partial charge in [-0.1, -0.05) is 186 Å². The molecule has 0 saturated carbocycles. The molecule has 2 aliphatic rings. The molecule has 0 heteroatoms.